The number of aliphatic hydroxyl groups excluding tert-OH is 1. The summed E-state index contributed by atoms with van der Waals surface area (Å²) >= 11 is 0. The SMILES string of the molecule is CC[C@H](CO)Nc1nc(Nc2ncccn2)c2ncn(C(C)C)c2n1. The summed E-state index contributed by atoms with van der Waals surface area (Å²) in [6, 6.07) is 1.83. The molecule has 0 saturated carbocycles. The van der Waals surface area contributed by atoms with E-state index in [1.165, 1.54) is 0 Å². The summed E-state index contributed by atoms with van der Waals surface area (Å²) in [4.78, 5) is 21.9. The molecule has 3 aromatic heterocycles. The lowest BCUT2D eigenvalue weighted by molar-refractivity contribution is 0.271. The zero-order valence-corrected chi connectivity index (χ0v) is 14.5. The fraction of sp³-hybridized carbons (Fsp3) is 0.438. The minimum atomic E-state index is -0.117. The molecule has 0 fully saturated rings. The van der Waals surface area contributed by atoms with Gasteiger partial charge in [0, 0.05) is 18.4 Å². The Labute approximate surface area is 145 Å². The molecule has 9 heteroatoms. The Morgan fingerprint density at radius 2 is 1.88 bits per heavy atom. The predicted molar refractivity (Wildman–Crippen MR) is 95.8 cm³/mol. The van der Waals surface area contributed by atoms with Gasteiger partial charge in [-0.1, -0.05) is 6.92 Å². The number of aliphatic hydroxyl groups is 1. The molecule has 0 aliphatic heterocycles. The maximum absolute atomic E-state index is 9.44. The molecule has 0 radical (unpaired) electrons. The molecule has 9 nitrogen and oxygen atoms in total. The van der Waals surface area contributed by atoms with Crippen LogP contribution >= 0.6 is 0 Å². The van der Waals surface area contributed by atoms with Crippen molar-refractivity contribution < 1.29 is 5.11 Å². The van der Waals surface area contributed by atoms with Crippen LogP contribution in [0.4, 0.5) is 17.7 Å². The number of nitrogens with zero attached hydrogens (tertiary/aromatic N) is 6. The highest BCUT2D eigenvalue weighted by Gasteiger charge is 2.17. The Morgan fingerprint density at radius 3 is 2.52 bits per heavy atom. The van der Waals surface area contributed by atoms with Gasteiger partial charge in [0.25, 0.3) is 0 Å². The summed E-state index contributed by atoms with van der Waals surface area (Å²) in [5.41, 5.74) is 1.35. The maximum Gasteiger partial charge on any atom is 0.228 e. The standard InChI is InChI=1S/C16H22N8O/c1-4-11(8-25)20-16-22-13(21-15-17-6-5-7-18-15)12-14(23-16)24(9-19-12)10(2)3/h5-7,9-11,25H,4,8H2,1-3H3,(H2,17,18,20,21,22,23)/t11-/m1/s1. The van der Waals surface area contributed by atoms with Crippen LogP contribution in [0.3, 0.4) is 0 Å². The third-order valence-electron chi connectivity index (χ3n) is 3.82. The topological polar surface area (TPSA) is 114 Å². The molecule has 0 aromatic carbocycles. The summed E-state index contributed by atoms with van der Waals surface area (Å²) in [7, 11) is 0. The first kappa shape index (κ1) is 17.0. The molecule has 0 aliphatic carbocycles. The van der Waals surface area contributed by atoms with E-state index >= 15 is 0 Å². The summed E-state index contributed by atoms with van der Waals surface area (Å²) in [5, 5.41) is 15.7. The average Bonchev–Trinajstić information content (AvgIpc) is 3.05. The summed E-state index contributed by atoms with van der Waals surface area (Å²) in [6.07, 6.45) is 5.80. The van der Waals surface area contributed by atoms with E-state index in [1.54, 1.807) is 24.8 Å². The first-order valence-corrected chi connectivity index (χ1v) is 8.28. The zero-order valence-electron chi connectivity index (χ0n) is 14.5. The van der Waals surface area contributed by atoms with Crippen molar-refractivity contribution in [2.75, 3.05) is 17.2 Å². The van der Waals surface area contributed by atoms with E-state index < -0.39 is 0 Å². The highest BCUT2D eigenvalue weighted by atomic mass is 16.3. The number of imidazole rings is 1. The molecular formula is C16H22N8O. The van der Waals surface area contributed by atoms with Crippen molar-refractivity contribution in [3.8, 4) is 0 Å². The number of rotatable bonds is 7. The molecule has 132 valence electrons. The number of hydrogen-bond acceptors (Lipinski definition) is 8. The van der Waals surface area contributed by atoms with Crippen LogP contribution in [-0.4, -0.2) is 47.2 Å². The molecule has 3 aromatic rings. The largest absolute Gasteiger partial charge is 0.394 e. The molecule has 3 heterocycles. The van der Waals surface area contributed by atoms with Gasteiger partial charge in [-0.2, -0.15) is 9.97 Å². The van der Waals surface area contributed by atoms with Gasteiger partial charge in [-0.25, -0.2) is 15.0 Å². The summed E-state index contributed by atoms with van der Waals surface area (Å²) < 4.78 is 1.97. The number of anilines is 3. The lowest BCUT2D eigenvalue weighted by Crippen LogP contribution is -2.24. The van der Waals surface area contributed by atoms with Crippen LogP contribution in [-0.2, 0) is 0 Å². The second-order valence-corrected chi connectivity index (χ2v) is 5.94. The smallest absolute Gasteiger partial charge is 0.228 e. The molecule has 0 unspecified atom stereocenters. The fourth-order valence-corrected chi connectivity index (χ4v) is 2.38. The van der Waals surface area contributed by atoms with Crippen LogP contribution in [0.2, 0.25) is 0 Å². The fourth-order valence-electron chi connectivity index (χ4n) is 2.38. The molecule has 3 N–H and O–H groups in total. The van der Waals surface area contributed by atoms with E-state index in [-0.39, 0.29) is 18.7 Å². The van der Waals surface area contributed by atoms with Crippen molar-refractivity contribution in [3.63, 3.8) is 0 Å². The third-order valence-corrected chi connectivity index (χ3v) is 3.82. The van der Waals surface area contributed by atoms with E-state index in [9.17, 15) is 5.11 Å². The third kappa shape index (κ3) is 3.66. The molecule has 25 heavy (non-hydrogen) atoms. The van der Waals surface area contributed by atoms with Crippen LogP contribution in [0.1, 0.15) is 33.2 Å². The van der Waals surface area contributed by atoms with Crippen molar-refractivity contribution in [3.05, 3.63) is 24.8 Å². The van der Waals surface area contributed by atoms with Gasteiger partial charge >= 0.3 is 0 Å². The maximum atomic E-state index is 9.44. The lowest BCUT2D eigenvalue weighted by atomic mass is 10.2. The lowest BCUT2D eigenvalue weighted by Gasteiger charge is -2.15. The van der Waals surface area contributed by atoms with Crippen LogP contribution in [0, 0.1) is 0 Å². The second-order valence-electron chi connectivity index (χ2n) is 5.94. The Kier molecular flexibility index (Phi) is 5.03. The van der Waals surface area contributed by atoms with Crippen molar-refractivity contribution in [1.29, 1.82) is 0 Å². The van der Waals surface area contributed by atoms with Crippen LogP contribution in [0.15, 0.2) is 24.8 Å². The van der Waals surface area contributed by atoms with Gasteiger partial charge in [-0.3, -0.25) is 0 Å². The number of fused-ring (bicyclic) bond motifs is 1. The van der Waals surface area contributed by atoms with Crippen molar-refractivity contribution in [2.24, 2.45) is 0 Å². The first-order chi connectivity index (χ1) is 12.1. The number of hydrogen-bond donors (Lipinski definition) is 3. The van der Waals surface area contributed by atoms with Crippen LogP contribution in [0.5, 0.6) is 0 Å². The summed E-state index contributed by atoms with van der Waals surface area (Å²) in [5.74, 6) is 1.38. The van der Waals surface area contributed by atoms with Gasteiger partial charge in [-0.15, -0.1) is 0 Å². The van der Waals surface area contributed by atoms with E-state index in [0.717, 1.165) is 6.42 Å². The van der Waals surface area contributed by atoms with E-state index in [0.29, 0.717) is 28.9 Å². The Morgan fingerprint density at radius 1 is 1.12 bits per heavy atom. The molecule has 0 saturated heterocycles. The number of aromatic nitrogens is 6. The van der Waals surface area contributed by atoms with Gasteiger partial charge in [0.15, 0.2) is 17.0 Å². The molecule has 0 bridgehead atoms. The average molecular weight is 342 g/mol. The van der Waals surface area contributed by atoms with Crippen LogP contribution in [0.25, 0.3) is 11.2 Å². The molecule has 0 spiro atoms. The minimum Gasteiger partial charge on any atom is -0.394 e. The molecular weight excluding hydrogens is 320 g/mol. The first-order valence-electron chi connectivity index (χ1n) is 8.28. The Balaban J connectivity index is 2.06. The van der Waals surface area contributed by atoms with Gasteiger partial charge in [-0.05, 0) is 26.3 Å². The zero-order chi connectivity index (χ0) is 17.8. The quantitative estimate of drug-likeness (QED) is 0.598. The summed E-state index contributed by atoms with van der Waals surface area (Å²) in [6.45, 7) is 6.12. The van der Waals surface area contributed by atoms with E-state index in [4.69, 9.17) is 0 Å². The molecule has 0 amide bonds. The van der Waals surface area contributed by atoms with Crippen LogP contribution < -0.4 is 10.6 Å². The van der Waals surface area contributed by atoms with Crippen molar-refractivity contribution >= 4 is 28.9 Å². The van der Waals surface area contributed by atoms with Gasteiger partial charge in [0.1, 0.15) is 0 Å². The van der Waals surface area contributed by atoms with Crippen molar-refractivity contribution in [1.82, 2.24) is 29.5 Å². The minimum absolute atomic E-state index is 0.00585. The van der Waals surface area contributed by atoms with E-state index in [2.05, 4.69) is 49.4 Å². The van der Waals surface area contributed by atoms with Gasteiger partial charge in [0.2, 0.25) is 11.9 Å². The monoisotopic (exact) mass is 342 g/mol. The number of nitrogens with one attached hydrogen (secondary N) is 2. The van der Waals surface area contributed by atoms with Gasteiger partial charge in [0.05, 0.1) is 19.0 Å². The molecule has 0 aliphatic rings. The Hall–Kier alpha value is -2.81. The van der Waals surface area contributed by atoms with Crippen molar-refractivity contribution in [2.45, 2.75) is 39.3 Å². The van der Waals surface area contributed by atoms with E-state index in [1.807, 2.05) is 11.5 Å². The van der Waals surface area contributed by atoms with Gasteiger partial charge < -0.3 is 20.3 Å². The molecule has 3 rings (SSSR count). The normalized spacial score (nSPS) is 12.5. The second kappa shape index (κ2) is 7.39. The molecule has 1 atom stereocenters. The Bertz CT molecular complexity index is 829. The highest BCUT2D eigenvalue weighted by Crippen LogP contribution is 2.25. The predicted octanol–water partition coefficient (Wildman–Crippen LogP) is 2.12. The highest BCUT2D eigenvalue weighted by molar-refractivity contribution is 5.85.